The van der Waals surface area contributed by atoms with Gasteiger partial charge in [-0.15, -0.1) is 5.73 Å². The molecule has 0 aromatic rings. The van der Waals surface area contributed by atoms with E-state index in [1.54, 1.807) is 13.0 Å². The van der Waals surface area contributed by atoms with Crippen LogP contribution in [0.2, 0.25) is 0 Å². The predicted molar refractivity (Wildman–Crippen MR) is 66.2 cm³/mol. The molecule has 0 saturated heterocycles. The topological polar surface area (TPSA) is 64.2 Å². The van der Waals surface area contributed by atoms with Gasteiger partial charge in [-0.2, -0.15) is 5.26 Å². The Balaban J connectivity index is 2.60. The van der Waals surface area contributed by atoms with Gasteiger partial charge in [-0.05, 0) is 50.7 Å². The fourth-order valence-electron chi connectivity index (χ4n) is 2.01. The molecule has 1 aliphatic rings. The molecule has 2 atom stereocenters. The first-order chi connectivity index (χ1) is 8.05. The van der Waals surface area contributed by atoms with E-state index in [4.69, 9.17) is 5.26 Å². The minimum Gasteiger partial charge on any atom is -0.388 e. The molecular formula is C14H21NO2. The summed E-state index contributed by atoms with van der Waals surface area (Å²) in [4.78, 5) is 0. The van der Waals surface area contributed by atoms with Crippen molar-refractivity contribution < 1.29 is 10.2 Å². The second kappa shape index (κ2) is 6.61. The Morgan fingerprint density at radius 2 is 2.29 bits per heavy atom. The highest BCUT2D eigenvalue weighted by atomic mass is 16.3. The van der Waals surface area contributed by atoms with Crippen LogP contribution in [0.5, 0.6) is 0 Å². The number of aliphatic hydroxyl groups is 2. The van der Waals surface area contributed by atoms with Crippen molar-refractivity contribution in [3.05, 3.63) is 17.4 Å². The van der Waals surface area contributed by atoms with E-state index in [1.165, 1.54) is 0 Å². The summed E-state index contributed by atoms with van der Waals surface area (Å²) in [5.41, 5.74) is 3.02. The second-order valence-electron chi connectivity index (χ2n) is 4.94. The van der Waals surface area contributed by atoms with Gasteiger partial charge >= 0.3 is 0 Å². The average molecular weight is 235 g/mol. The first-order valence-electron chi connectivity index (χ1n) is 6.29. The zero-order valence-electron chi connectivity index (χ0n) is 10.4. The van der Waals surface area contributed by atoms with Gasteiger partial charge in [0.25, 0.3) is 0 Å². The van der Waals surface area contributed by atoms with Crippen LogP contribution in [0.1, 0.15) is 51.9 Å². The zero-order chi connectivity index (χ0) is 12.7. The summed E-state index contributed by atoms with van der Waals surface area (Å²) in [7, 11) is 0. The van der Waals surface area contributed by atoms with E-state index >= 15 is 0 Å². The SMILES string of the molecule is CC(O)(C=C=C1CCCC[C@H]1O)CCCC#N. The quantitative estimate of drug-likeness (QED) is 0.581. The van der Waals surface area contributed by atoms with E-state index in [0.29, 0.717) is 19.3 Å². The van der Waals surface area contributed by atoms with Crippen molar-refractivity contribution in [1.29, 1.82) is 5.26 Å². The number of hydrogen-bond acceptors (Lipinski definition) is 3. The minimum atomic E-state index is -0.930. The Bertz CT molecular complexity index is 346. The van der Waals surface area contributed by atoms with Crippen LogP contribution in [0.4, 0.5) is 0 Å². The van der Waals surface area contributed by atoms with Crippen molar-refractivity contribution in [1.82, 2.24) is 0 Å². The molecule has 1 saturated carbocycles. The third-order valence-corrected chi connectivity index (χ3v) is 3.12. The molecular weight excluding hydrogens is 214 g/mol. The molecule has 0 amide bonds. The van der Waals surface area contributed by atoms with E-state index in [2.05, 4.69) is 11.8 Å². The van der Waals surface area contributed by atoms with E-state index in [-0.39, 0.29) is 0 Å². The van der Waals surface area contributed by atoms with Crippen LogP contribution in [0.15, 0.2) is 17.4 Å². The lowest BCUT2D eigenvalue weighted by Gasteiger charge is -2.20. The van der Waals surface area contributed by atoms with Crippen LogP contribution in [-0.4, -0.2) is 21.9 Å². The van der Waals surface area contributed by atoms with Gasteiger partial charge in [0.2, 0.25) is 0 Å². The lowest BCUT2D eigenvalue weighted by atomic mass is 9.91. The standard InChI is InChI=1S/C14H21NO2/c1-14(17,9-4-5-11-15)10-8-12-6-2-3-7-13(12)16/h10,13,16-17H,2-7,9H2,1H3/t8?,13-,14?/m1/s1. The minimum absolute atomic E-state index is 0.394. The van der Waals surface area contributed by atoms with E-state index < -0.39 is 11.7 Å². The van der Waals surface area contributed by atoms with Crippen LogP contribution in [0.3, 0.4) is 0 Å². The maximum atomic E-state index is 10.0. The average Bonchev–Trinajstić information content (AvgIpc) is 2.28. The van der Waals surface area contributed by atoms with E-state index in [9.17, 15) is 10.2 Å². The number of unbranched alkanes of at least 4 members (excludes halogenated alkanes) is 1. The Labute approximate surface area is 103 Å². The third-order valence-electron chi connectivity index (χ3n) is 3.12. The fourth-order valence-corrected chi connectivity index (χ4v) is 2.01. The highest BCUT2D eigenvalue weighted by Gasteiger charge is 2.18. The number of aliphatic hydroxyl groups excluding tert-OH is 1. The first kappa shape index (κ1) is 14.0. The number of rotatable bonds is 4. The second-order valence-corrected chi connectivity index (χ2v) is 4.94. The molecule has 1 unspecified atom stereocenters. The molecule has 3 nitrogen and oxygen atoms in total. The number of hydrogen-bond donors (Lipinski definition) is 2. The van der Waals surface area contributed by atoms with Gasteiger partial charge in [0.1, 0.15) is 0 Å². The molecule has 1 fully saturated rings. The van der Waals surface area contributed by atoms with Crippen molar-refractivity contribution in [3.8, 4) is 6.07 Å². The van der Waals surface area contributed by atoms with E-state index in [1.807, 2.05) is 0 Å². The maximum Gasteiger partial charge on any atom is 0.0873 e. The Kier molecular flexibility index (Phi) is 5.44. The van der Waals surface area contributed by atoms with Gasteiger partial charge in [0.05, 0.1) is 17.8 Å². The van der Waals surface area contributed by atoms with Gasteiger partial charge < -0.3 is 10.2 Å². The smallest absolute Gasteiger partial charge is 0.0873 e. The van der Waals surface area contributed by atoms with Gasteiger partial charge in [0, 0.05) is 6.42 Å². The fraction of sp³-hybridized carbons (Fsp3) is 0.714. The van der Waals surface area contributed by atoms with Gasteiger partial charge in [-0.1, -0.05) is 6.42 Å². The van der Waals surface area contributed by atoms with Crippen LogP contribution < -0.4 is 0 Å². The monoisotopic (exact) mass is 235 g/mol. The largest absolute Gasteiger partial charge is 0.388 e. The number of nitrogens with zero attached hydrogens (tertiary/aromatic N) is 1. The van der Waals surface area contributed by atoms with Crippen LogP contribution >= 0.6 is 0 Å². The summed E-state index contributed by atoms with van der Waals surface area (Å²) in [6, 6.07) is 2.06. The van der Waals surface area contributed by atoms with Crippen molar-refractivity contribution in [2.24, 2.45) is 0 Å². The lowest BCUT2D eigenvalue weighted by molar-refractivity contribution is 0.0998. The Morgan fingerprint density at radius 1 is 1.53 bits per heavy atom. The summed E-state index contributed by atoms with van der Waals surface area (Å²) in [6.45, 7) is 1.72. The van der Waals surface area contributed by atoms with Crippen molar-refractivity contribution in [2.45, 2.75) is 63.6 Å². The molecule has 94 valence electrons. The highest BCUT2D eigenvalue weighted by Crippen LogP contribution is 2.23. The van der Waals surface area contributed by atoms with Crippen LogP contribution in [0, 0.1) is 11.3 Å². The molecule has 0 radical (unpaired) electrons. The summed E-state index contributed by atoms with van der Waals surface area (Å²) >= 11 is 0. The van der Waals surface area contributed by atoms with Crippen molar-refractivity contribution in [3.63, 3.8) is 0 Å². The Hall–Kier alpha value is -1.07. The first-order valence-corrected chi connectivity index (χ1v) is 6.29. The third kappa shape index (κ3) is 5.19. The maximum absolute atomic E-state index is 10.0. The van der Waals surface area contributed by atoms with Crippen molar-refractivity contribution in [2.75, 3.05) is 0 Å². The summed E-state index contributed by atoms with van der Waals surface area (Å²) < 4.78 is 0. The molecule has 0 aromatic heterocycles. The molecule has 3 heteroatoms. The molecule has 0 heterocycles. The van der Waals surface area contributed by atoms with Crippen LogP contribution in [0.25, 0.3) is 0 Å². The summed E-state index contributed by atoms with van der Waals surface area (Å²) in [5, 5.41) is 28.2. The molecule has 0 spiro atoms. The normalized spacial score (nSPS) is 23.4. The van der Waals surface area contributed by atoms with Gasteiger partial charge in [-0.3, -0.25) is 0 Å². The van der Waals surface area contributed by atoms with E-state index in [0.717, 1.165) is 31.3 Å². The summed E-state index contributed by atoms with van der Waals surface area (Å²) in [6.07, 6.45) is 6.75. The molecule has 0 aliphatic heterocycles. The molecule has 0 bridgehead atoms. The van der Waals surface area contributed by atoms with Crippen LogP contribution in [-0.2, 0) is 0 Å². The summed E-state index contributed by atoms with van der Waals surface area (Å²) in [5.74, 6) is 0. The van der Waals surface area contributed by atoms with Crippen molar-refractivity contribution >= 4 is 0 Å². The molecule has 1 rings (SSSR count). The predicted octanol–water partition coefficient (Wildman–Crippen LogP) is 2.45. The zero-order valence-corrected chi connectivity index (χ0v) is 10.4. The highest BCUT2D eigenvalue weighted by molar-refractivity contribution is 5.12. The molecule has 0 aromatic carbocycles. The molecule has 17 heavy (non-hydrogen) atoms. The Morgan fingerprint density at radius 3 is 2.94 bits per heavy atom. The molecule has 1 aliphatic carbocycles. The van der Waals surface area contributed by atoms with Gasteiger partial charge in [-0.25, -0.2) is 0 Å². The van der Waals surface area contributed by atoms with Gasteiger partial charge in [0.15, 0.2) is 0 Å². The lowest BCUT2D eigenvalue weighted by Crippen LogP contribution is -2.20. The molecule has 2 N–H and O–H groups in total. The number of nitriles is 1.